The molecule has 0 saturated heterocycles. The summed E-state index contributed by atoms with van der Waals surface area (Å²) in [6.45, 7) is 0.892. The minimum absolute atomic E-state index is 0.00417. The predicted molar refractivity (Wildman–Crippen MR) is 121 cm³/mol. The molecule has 2 heterocycles. The normalized spacial score (nSPS) is 10.9. The van der Waals surface area contributed by atoms with Gasteiger partial charge in [0.2, 0.25) is 5.91 Å². The van der Waals surface area contributed by atoms with E-state index >= 15 is 0 Å². The summed E-state index contributed by atoms with van der Waals surface area (Å²) in [6.07, 6.45) is 3.25. The number of thiophene rings is 1. The Bertz CT molecular complexity index is 1150. The fraction of sp³-hybridized carbons (Fsp3) is 0.409. The molecule has 2 N–H and O–H groups in total. The van der Waals surface area contributed by atoms with Gasteiger partial charge in [0.1, 0.15) is 4.70 Å². The van der Waals surface area contributed by atoms with Crippen molar-refractivity contribution in [2.24, 2.45) is 0 Å². The Kier molecular flexibility index (Phi) is 7.88. The first-order valence-corrected chi connectivity index (χ1v) is 11.1. The van der Waals surface area contributed by atoms with Crippen LogP contribution in [-0.4, -0.2) is 36.2 Å². The quantitative estimate of drug-likeness (QED) is 0.442. The summed E-state index contributed by atoms with van der Waals surface area (Å²) in [5, 5.41) is 4.71. The number of aromatic nitrogens is 2. The topological polar surface area (TPSA) is 102 Å². The van der Waals surface area contributed by atoms with E-state index in [1.165, 1.54) is 15.9 Å². The lowest BCUT2D eigenvalue weighted by molar-refractivity contribution is -0.121. The van der Waals surface area contributed by atoms with E-state index in [4.69, 9.17) is 9.47 Å². The van der Waals surface area contributed by atoms with Crippen LogP contribution in [0.4, 0.5) is 0 Å². The molecule has 3 rings (SSSR count). The molecule has 8 nitrogen and oxygen atoms in total. The Labute approximate surface area is 183 Å². The van der Waals surface area contributed by atoms with E-state index in [0.717, 1.165) is 12.0 Å². The molecule has 31 heavy (non-hydrogen) atoms. The molecule has 0 saturated carbocycles. The maximum Gasteiger partial charge on any atom is 0.328 e. The molecule has 1 aromatic carbocycles. The number of hydrogen-bond acceptors (Lipinski definition) is 6. The first-order valence-electron chi connectivity index (χ1n) is 10.2. The molecule has 166 valence electrons. The second kappa shape index (κ2) is 10.8. The van der Waals surface area contributed by atoms with E-state index in [1.54, 1.807) is 25.7 Å². The highest BCUT2D eigenvalue weighted by Crippen LogP contribution is 2.27. The van der Waals surface area contributed by atoms with Crippen molar-refractivity contribution in [1.82, 2.24) is 14.9 Å². The van der Waals surface area contributed by atoms with E-state index in [9.17, 15) is 14.4 Å². The highest BCUT2D eigenvalue weighted by Gasteiger charge is 2.09. The summed E-state index contributed by atoms with van der Waals surface area (Å²) in [5.74, 6) is 1.34. The predicted octanol–water partition coefficient (Wildman–Crippen LogP) is 2.69. The molecular weight excluding hydrogens is 418 g/mol. The molecule has 0 aliphatic carbocycles. The van der Waals surface area contributed by atoms with Crippen LogP contribution in [-0.2, 0) is 17.8 Å². The first-order chi connectivity index (χ1) is 15.0. The smallest absolute Gasteiger partial charge is 0.328 e. The van der Waals surface area contributed by atoms with Crippen LogP contribution in [0.5, 0.6) is 11.5 Å². The van der Waals surface area contributed by atoms with Crippen molar-refractivity contribution in [3.8, 4) is 11.5 Å². The number of unbranched alkanes of at least 4 members (excludes halogenated alkanes) is 2. The second-order valence-electron chi connectivity index (χ2n) is 7.15. The number of hydrogen-bond donors (Lipinski definition) is 2. The van der Waals surface area contributed by atoms with Gasteiger partial charge < -0.3 is 19.8 Å². The number of fused-ring (bicyclic) bond motifs is 1. The molecule has 1 amide bonds. The molecule has 0 unspecified atom stereocenters. The SMILES string of the molecule is COc1ccc(CCNC(=O)CCCCCn2c(=O)[nH]c3ccsc3c2=O)cc1OC. The van der Waals surface area contributed by atoms with Crippen LogP contribution < -0.4 is 26.0 Å². The van der Waals surface area contributed by atoms with Crippen LogP contribution in [0.3, 0.4) is 0 Å². The molecule has 0 bridgehead atoms. The number of rotatable bonds is 11. The average molecular weight is 446 g/mol. The molecule has 2 aromatic heterocycles. The lowest BCUT2D eigenvalue weighted by Crippen LogP contribution is -2.34. The lowest BCUT2D eigenvalue weighted by Gasteiger charge is -2.10. The molecule has 0 aliphatic heterocycles. The van der Waals surface area contributed by atoms with Gasteiger partial charge >= 0.3 is 5.69 Å². The van der Waals surface area contributed by atoms with Gasteiger partial charge in [0.25, 0.3) is 5.56 Å². The highest BCUT2D eigenvalue weighted by molar-refractivity contribution is 7.17. The minimum atomic E-state index is -0.385. The first kappa shape index (κ1) is 22.6. The second-order valence-corrected chi connectivity index (χ2v) is 8.07. The lowest BCUT2D eigenvalue weighted by atomic mass is 10.1. The van der Waals surface area contributed by atoms with Crippen molar-refractivity contribution >= 4 is 27.5 Å². The van der Waals surface area contributed by atoms with Gasteiger partial charge in [-0.15, -0.1) is 11.3 Å². The Morgan fingerprint density at radius 3 is 2.68 bits per heavy atom. The van der Waals surface area contributed by atoms with Crippen LogP contribution in [0, 0.1) is 0 Å². The molecule has 0 aliphatic rings. The third-order valence-electron chi connectivity index (χ3n) is 5.06. The number of carbonyl (C=O) groups excluding carboxylic acids is 1. The summed E-state index contributed by atoms with van der Waals surface area (Å²) in [6, 6.07) is 7.44. The van der Waals surface area contributed by atoms with Crippen molar-refractivity contribution in [2.45, 2.75) is 38.6 Å². The van der Waals surface area contributed by atoms with E-state index in [0.29, 0.717) is 60.5 Å². The molecular formula is C22H27N3O5S. The van der Waals surface area contributed by atoms with Gasteiger partial charge in [0, 0.05) is 19.5 Å². The summed E-state index contributed by atoms with van der Waals surface area (Å²) in [5.41, 5.74) is 1.00. The largest absolute Gasteiger partial charge is 0.493 e. The number of aromatic amines is 1. The number of benzene rings is 1. The van der Waals surface area contributed by atoms with Gasteiger partial charge in [0.15, 0.2) is 11.5 Å². The van der Waals surface area contributed by atoms with Crippen molar-refractivity contribution in [1.29, 1.82) is 0 Å². The number of nitrogens with one attached hydrogen (secondary N) is 2. The van der Waals surface area contributed by atoms with Crippen LogP contribution in [0.25, 0.3) is 10.2 Å². The van der Waals surface area contributed by atoms with Gasteiger partial charge in [0.05, 0.1) is 19.7 Å². The molecule has 0 fully saturated rings. The van der Waals surface area contributed by atoms with Crippen LogP contribution in [0.1, 0.15) is 31.2 Å². The van der Waals surface area contributed by atoms with Crippen LogP contribution in [0.2, 0.25) is 0 Å². The van der Waals surface area contributed by atoms with Crippen molar-refractivity contribution in [3.63, 3.8) is 0 Å². The average Bonchev–Trinajstić information content (AvgIpc) is 3.24. The Morgan fingerprint density at radius 2 is 1.90 bits per heavy atom. The summed E-state index contributed by atoms with van der Waals surface area (Å²) < 4.78 is 12.3. The highest BCUT2D eigenvalue weighted by atomic mass is 32.1. The zero-order valence-corrected chi connectivity index (χ0v) is 18.5. The maximum absolute atomic E-state index is 12.4. The van der Waals surface area contributed by atoms with Gasteiger partial charge in [-0.3, -0.25) is 14.2 Å². The van der Waals surface area contributed by atoms with Gasteiger partial charge in [-0.1, -0.05) is 12.5 Å². The number of H-pyrrole nitrogens is 1. The van der Waals surface area contributed by atoms with E-state index in [2.05, 4.69) is 10.3 Å². The van der Waals surface area contributed by atoms with Gasteiger partial charge in [-0.25, -0.2) is 4.79 Å². The van der Waals surface area contributed by atoms with Crippen LogP contribution in [0.15, 0.2) is 39.2 Å². The molecule has 0 spiro atoms. The Morgan fingerprint density at radius 1 is 1.10 bits per heavy atom. The van der Waals surface area contributed by atoms with Crippen molar-refractivity contribution < 1.29 is 14.3 Å². The minimum Gasteiger partial charge on any atom is -0.493 e. The zero-order valence-electron chi connectivity index (χ0n) is 17.7. The van der Waals surface area contributed by atoms with Gasteiger partial charge in [-0.05, 0) is 48.4 Å². The molecule has 0 radical (unpaired) electrons. The summed E-state index contributed by atoms with van der Waals surface area (Å²) >= 11 is 1.32. The maximum atomic E-state index is 12.4. The summed E-state index contributed by atoms with van der Waals surface area (Å²) in [7, 11) is 3.19. The summed E-state index contributed by atoms with van der Waals surface area (Å²) in [4.78, 5) is 39.2. The number of ether oxygens (including phenoxy) is 2. The Balaban J connectivity index is 1.36. The molecule has 9 heteroatoms. The fourth-order valence-electron chi connectivity index (χ4n) is 3.38. The molecule has 0 atom stereocenters. The number of methoxy groups -OCH3 is 2. The third kappa shape index (κ3) is 5.75. The standard InChI is InChI=1S/C22H27N3O5S/c1-29-17-8-7-15(14-18(17)30-2)9-11-23-19(26)6-4-3-5-12-25-21(27)20-16(10-13-31-20)24-22(25)28/h7-8,10,13-14H,3-6,9,11-12H2,1-2H3,(H,23,26)(H,24,28). The van der Waals surface area contributed by atoms with Gasteiger partial charge in [-0.2, -0.15) is 0 Å². The molecule has 3 aromatic rings. The Hall–Kier alpha value is -3.07. The fourth-order valence-corrected chi connectivity index (χ4v) is 4.17. The monoisotopic (exact) mass is 445 g/mol. The third-order valence-corrected chi connectivity index (χ3v) is 5.96. The van der Waals surface area contributed by atoms with Crippen molar-refractivity contribution in [2.75, 3.05) is 20.8 Å². The van der Waals surface area contributed by atoms with E-state index in [-0.39, 0.29) is 17.2 Å². The number of amides is 1. The van der Waals surface area contributed by atoms with Crippen LogP contribution >= 0.6 is 11.3 Å². The van der Waals surface area contributed by atoms with Crippen molar-refractivity contribution in [3.05, 3.63) is 56.0 Å². The van der Waals surface area contributed by atoms with E-state index in [1.807, 2.05) is 18.2 Å². The number of carbonyl (C=O) groups is 1. The van der Waals surface area contributed by atoms with E-state index < -0.39 is 0 Å². The zero-order chi connectivity index (χ0) is 22.2. The number of nitrogens with zero attached hydrogens (tertiary/aromatic N) is 1.